The highest BCUT2D eigenvalue weighted by Gasteiger charge is 2.64. The van der Waals surface area contributed by atoms with E-state index in [-0.39, 0.29) is 33.9 Å². The molecule has 1 saturated carbocycles. The van der Waals surface area contributed by atoms with Crippen molar-refractivity contribution in [3.63, 3.8) is 0 Å². The van der Waals surface area contributed by atoms with Crippen LogP contribution in [0.15, 0.2) is 36.8 Å². The van der Waals surface area contributed by atoms with Crippen LogP contribution in [0.2, 0.25) is 0 Å². The molecule has 2 heterocycles. The zero-order valence-corrected chi connectivity index (χ0v) is 19.3. The van der Waals surface area contributed by atoms with Crippen LogP contribution in [0.25, 0.3) is 11.3 Å². The standard InChI is InChI=1S/C25H27F2N5O/c1-5-32(23(33)20-12-31(4)14-28-20)13-25-10-9-16(24(25,2)3)15-11-19(29-30-22(15)25)21-17(26)7-6-8-18(21)27/h6-8,11-12,14,16H,5,9-10,13H2,1-4H3/t16-,25-/m0/s1. The highest BCUT2D eigenvalue weighted by Crippen LogP contribution is 2.67. The summed E-state index contributed by atoms with van der Waals surface area (Å²) < 4.78 is 30.6. The van der Waals surface area contributed by atoms with Gasteiger partial charge in [0.05, 0.1) is 23.3 Å². The summed E-state index contributed by atoms with van der Waals surface area (Å²) in [5.41, 5.74) is 1.73. The smallest absolute Gasteiger partial charge is 0.274 e. The Morgan fingerprint density at radius 2 is 1.97 bits per heavy atom. The van der Waals surface area contributed by atoms with Gasteiger partial charge in [-0.3, -0.25) is 4.79 Å². The lowest BCUT2D eigenvalue weighted by Crippen LogP contribution is -2.48. The molecule has 8 heteroatoms. The second-order valence-corrected chi connectivity index (χ2v) is 9.77. The van der Waals surface area contributed by atoms with Crippen LogP contribution in [0.4, 0.5) is 8.78 Å². The van der Waals surface area contributed by atoms with Crippen molar-refractivity contribution < 1.29 is 13.6 Å². The van der Waals surface area contributed by atoms with Crippen LogP contribution in [-0.4, -0.2) is 43.6 Å². The van der Waals surface area contributed by atoms with E-state index in [1.165, 1.54) is 18.2 Å². The monoisotopic (exact) mass is 451 g/mol. The van der Waals surface area contributed by atoms with E-state index >= 15 is 0 Å². The number of halogens is 2. The van der Waals surface area contributed by atoms with Gasteiger partial charge in [-0.25, -0.2) is 13.8 Å². The maximum Gasteiger partial charge on any atom is 0.274 e. The summed E-state index contributed by atoms with van der Waals surface area (Å²) >= 11 is 0. The topological polar surface area (TPSA) is 63.9 Å². The van der Waals surface area contributed by atoms with E-state index in [0.717, 1.165) is 24.1 Å². The molecule has 5 rings (SSSR count). The van der Waals surface area contributed by atoms with Gasteiger partial charge in [0.1, 0.15) is 17.3 Å². The molecular weight excluding hydrogens is 424 g/mol. The fourth-order valence-corrected chi connectivity index (χ4v) is 5.98. The largest absolute Gasteiger partial charge is 0.340 e. The molecule has 2 aromatic heterocycles. The highest BCUT2D eigenvalue weighted by atomic mass is 19.1. The van der Waals surface area contributed by atoms with Crippen molar-refractivity contribution >= 4 is 5.91 Å². The first-order valence-electron chi connectivity index (χ1n) is 11.3. The number of carbonyl (C=O) groups excluding carboxylic acids is 1. The second kappa shape index (κ2) is 7.43. The normalized spacial score (nSPS) is 22.4. The molecule has 1 aromatic carbocycles. The van der Waals surface area contributed by atoms with Crippen LogP contribution in [0.3, 0.4) is 0 Å². The summed E-state index contributed by atoms with van der Waals surface area (Å²) in [5.74, 6) is -1.24. The van der Waals surface area contributed by atoms with E-state index in [9.17, 15) is 13.6 Å². The van der Waals surface area contributed by atoms with Gasteiger partial charge in [-0.2, -0.15) is 10.2 Å². The number of benzene rings is 1. The van der Waals surface area contributed by atoms with E-state index in [1.807, 2.05) is 18.9 Å². The summed E-state index contributed by atoms with van der Waals surface area (Å²) in [6, 6.07) is 5.60. The lowest BCUT2D eigenvalue weighted by atomic mass is 9.68. The molecule has 33 heavy (non-hydrogen) atoms. The third kappa shape index (κ3) is 3.03. The molecule has 3 aromatic rings. The van der Waals surface area contributed by atoms with Crippen LogP contribution in [0, 0.1) is 17.0 Å². The van der Waals surface area contributed by atoms with Crippen molar-refractivity contribution in [2.45, 2.75) is 44.9 Å². The zero-order valence-electron chi connectivity index (χ0n) is 19.3. The summed E-state index contributed by atoms with van der Waals surface area (Å²) in [4.78, 5) is 19.3. The molecule has 172 valence electrons. The van der Waals surface area contributed by atoms with Gasteiger partial charge in [-0.05, 0) is 54.9 Å². The Kier molecular flexibility index (Phi) is 4.88. The number of rotatable bonds is 5. The Hall–Kier alpha value is -3.16. The van der Waals surface area contributed by atoms with Crippen LogP contribution < -0.4 is 0 Å². The molecule has 0 aliphatic heterocycles. The lowest BCUT2D eigenvalue weighted by Gasteiger charge is -2.41. The summed E-state index contributed by atoms with van der Waals surface area (Å²) in [6.07, 6.45) is 5.16. The van der Waals surface area contributed by atoms with Gasteiger partial charge in [0, 0.05) is 31.7 Å². The number of amides is 1. The molecule has 1 fully saturated rings. The summed E-state index contributed by atoms with van der Waals surface area (Å²) in [5, 5.41) is 8.81. The van der Waals surface area contributed by atoms with E-state index in [0.29, 0.717) is 18.8 Å². The molecule has 0 spiro atoms. The Labute approximate surface area is 191 Å². The van der Waals surface area contributed by atoms with Crippen molar-refractivity contribution in [1.82, 2.24) is 24.6 Å². The minimum Gasteiger partial charge on any atom is -0.340 e. The van der Waals surface area contributed by atoms with Crippen LogP contribution in [-0.2, 0) is 12.5 Å². The fourth-order valence-electron chi connectivity index (χ4n) is 5.98. The van der Waals surface area contributed by atoms with Crippen molar-refractivity contribution in [3.05, 3.63) is 65.4 Å². The average molecular weight is 452 g/mol. The first-order chi connectivity index (χ1) is 15.7. The number of nitrogens with zero attached hydrogens (tertiary/aromatic N) is 5. The first-order valence-corrected chi connectivity index (χ1v) is 11.3. The quantitative estimate of drug-likeness (QED) is 0.574. The van der Waals surface area contributed by atoms with E-state index in [4.69, 9.17) is 0 Å². The molecule has 2 aliphatic rings. The molecule has 0 unspecified atom stereocenters. The Morgan fingerprint density at radius 3 is 2.61 bits per heavy atom. The fraction of sp³-hybridized carbons (Fsp3) is 0.440. The lowest BCUT2D eigenvalue weighted by molar-refractivity contribution is 0.0647. The Bertz CT molecular complexity index is 1230. The minimum absolute atomic E-state index is 0.113. The van der Waals surface area contributed by atoms with Crippen molar-refractivity contribution in [2.75, 3.05) is 13.1 Å². The molecule has 2 aliphatic carbocycles. The maximum atomic E-state index is 14.4. The van der Waals surface area contributed by atoms with Crippen LogP contribution in [0.1, 0.15) is 61.3 Å². The SMILES string of the molecule is CCN(C[C@@]12CC[C@@H](c3cc(-c4c(F)cccc4F)nnc31)C2(C)C)C(=O)c1cn(C)cn1. The maximum absolute atomic E-state index is 14.4. The van der Waals surface area contributed by atoms with Crippen molar-refractivity contribution in [2.24, 2.45) is 12.5 Å². The number of fused-ring (bicyclic) bond motifs is 5. The van der Waals surface area contributed by atoms with Gasteiger partial charge in [-0.1, -0.05) is 19.9 Å². The second-order valence-electron chi connectivity index (χ2n) is 9.77. The molecule has 0 N–H and O–H groups in total. The number of imidazole rings is 1. The van der Waals surface area contributed by atoms with Crippen LogP contribution in [0.5, 0.6) is 0 Å². The van der Waals surface area contributed by atoms with Gasteiger partial charge in [0.2, 0.25) is 0 Å². The van der Waals surface area contributed by atoms with Gasteiger partial charge in [-0.15, -0.1) is 0 Å². The van der Waals surface area contributed by atoms with E-state index < -0.39 is 11.6 Å². The predicted octanol–water partition coefficient (Wildman–Crippen LogP) is 4.47. The van der Waals surface area contributed by atoms with E-state index in [1.54, 1.807) is 23.2 Å². The van der Waals surface area contributed by atoms with E-state index in [2.05, 4.69) is 29.0 Å². The third-order valence-corrected chi connectivity index (χ3v) is 7.89. The Morgan fingerprint density at radius 1 is 1.24 bits per heavy atom. The number of aryl methyl sites for hydroxylation is 1. The number of aromatic nitrogens is 4. The zero-order chi connectivity index (χ0) is 23.5. The molecular formula is C25H27F2N5O. The molecule has 1 amide bonds. The summed E-state index contributed by atoms with van der Waals surface area (Å²) in [7, 11) is 1.84. The van der Waals surface area contributed by atoms with Gasteiger partial charge in [0.15, 0.2) is 0 Å². The highest BCUT2D eigenvalue weighted by molar-refractivity contribution is 5.92. The minimum atomic E-state index is -0.653. The number of likely N-dealkylation sites (N-methyl/N-ethyl adjacent to an activating group) is 1. The summed E-state index contributed by atoms with van der Waals surface area (Å²) in [6.45, 7) is 7.41. The van der Waals surface area contributed by atoms with Gasteiger partial charge < -0.3 is 9.47 Å². The van der Waals surface area contributed by atoms with Gasteiger partial charge >= 0.3 is 0 Å². The van der Waals surface area contributed by atoms with Gasteiger partial charge in [0.25, 0.3) is 5.91 Å². The Balaban J connectivity index is 1.56. The average Bonchev–Trinajstić information content (AvgIpc) is 3.37. The van der Waals surface area contributed by atoms with Crippen molar-refractivity contribution in [1.29, 1.82) is 0 Å². The number of hydrogen-bond acceptors (Lipinski definition) is 4. The predicted molar refractivity (Wildman–Crippen MR) is 120 cm³/mol. The number of carbonyl (C=O) groups is 1. The molecule has 6 nitrogen and oxygen atoms in total. The molecule has 2 bridgehead atoms. The number of hydrogen-bond donors (Lipinski definition) is 0. The molecule has 0 radical (unpaired) electrons. The third-order valence-electron chi connectivity index (χ3n) is 7.89. The molecule has 2 atom stereocenters. The first kappa shape index (κ1) is 21.7. The molecule has 0 saturated heterocycles. The van der Waals surface area contributed by atoms with Crippen molar-refractivity contribution in [3.8, 4) is 11.3 Å². The van der Waals surface area contributed by atoms with Crippen LogP contribution >= 0.6 is 0 Å².